The Morgan fingerprint density at radius 3 is 2.55 bits per heavy atom. The van der Waals surface area contributed by atoms with Crippen molar-refractivity contribution in [2.45, 2.75) is 32.7 Å². The second kappa shape index (κ2) is 7.50. The number of halogens is 1. The van der Waals surface area contributed by atoms with Crippen molar-refractivity contribution < 1.29 is 9.53 Å². The largest absolute Gasteiger partial charge is 0.484 e. The van der Waals surface area contributed by atoms with E-state index in [2.05, 4.69) is 6.92 Å². The number of carbonyl (C=O) groups excluding carboxylic acids is 1. The molecule has 0 unspecified atom stereocenters. The van der Waals surface area contributed by atoms with Crippen LogP contribution < -0.4 is 10.5 Å². The van der Waals surface area contributed by atoms with Crippen LogP contribution in [-0.2, 0) is 4.79 Å². The molecule has 2 rings (SSSR count). The van der Waals surface area contributed by atoms with Crippen LogP contribution in [0.15, 0.2) is 18.2 Å². The number of aryl methyl sites for hydroxylation is 2. The van der Waals surface area contributed by atoms with Crippen molar-refractivity contribution in [2.24, 2.45) is 5.73 Å². The van der Waals surface area contributed by atoms with Gasteiger partial charge in [-0.25, -0.2) is 0 Å². The molecule has 2 N–H and O–H groups in total. The molecule has 5 heteroatoms. The lowest BCUT2D eigenvalue weighted by atomic mass is 10.1. The van der Waals surface area contributed by atoms with Gasteiger partial charge in [-0.1, -0.05) is 6.07 Å². The lowest BCUT2D eigenvalue weighted by Crippen LogP contribution is -2.44. The summed E-state index contributed by atoms with van der Waals surface area (Å²) in [6, 6.07) is 6.12. The zero-order valence-electron chi connectivity index (χ0n) is 12.1. The second-order valence-electron chi connectivity index (χ2n) is 5.25. The molecule has 112 valence electrons. The summed E-state index contributed by atoms with van der Waals surface area (Å²) >= 11 is 0. The molecule has 1 saturated heterocycles. The molecular weight excluding hydrogens is 276 g/mol. The van der Waals surface area contributed by atoms with E-state index in [-0.39, 0.29) is 31.0 Å². The Morgan fingerprint density at radius 2 is 1.95 bits per heavy atom. The van der Waals surface area contributed by atoms with Gasteiger partial charge in [0.05, 0.1) is 0 Å². The van der Waals surface area contributed by atoms with Crippen molar-refractivity contribution in [3.05, 3.63) is 29.3 Å². The van der Waals surface area contributed by atoms with E-state index in [1.165, 1.54) is 11.1 Å². The van der Waals surface area contributed by atoms with Crippen molar-refractivity contribution in [3.63, 3.8) is 0 Å². The summed E-state index contributed by atoms with van der Waals surface area (Å²) in [6.45, 7) is 5.70. The second-order valence-corrected chi connectivity index (χ2v) is 5.25. The normalized spacial score (nSPS) is 15.7. The first-order chi connectivity index (χ1) is 9.06. The highest BCUT2D eigenvalue weighted by Gasteiger charge is 2.20. The number of rotatable bonds is 3. The van der Waals surface area contributed by atoms with E-state index >= 15 is 0 Å². The maximum atomic E-state index is 12.0. The predicted molar refractivity (Wildman–Crippen MR) is 82.4 cm³/mol. The average molecular weight is 299 g/mol. The lowest BCUT2D eigenvalue weighted by molar-refractivity contribution is -0.134. The molecule has 0 aromatic heterocycles. The Hall–Kier alpha value is -1.26. The van der Waals surface area contributed by atoms with Gasteiger partial charge >= 0.3 is 0 Å². The minimum atomic E-state index is 0. The van der Waals surface area contributed by atoms with E-state index in [1.807, 2.05) is 30.0 Å². The maximum Gasteiger partial charge on any atom is 0.260 e. The minimum absolute atomic E-state index is 0. The van der Waals surface area contributed by atoms with Gasteiger partial charge in [0.2, 0.25) is 0 Å². The van der Waals surface area contributed by atoms with Gasteiger partial charge in [-0.3, -0.25) is 4.79 Å². The Labute approximate surface area is 126 Å². The molecule has 0 radical (unpaired) electrons. The highest BCUT2D eigenvalue weighted by Crippen LogP contribution is 2.16. The zero-order valence-corrected chi connectivity index (χ0v) is 12.9. The Kier molecular flexibility index (Phi) is 6.30. The van der Waals surface area contributed by atoms with Gasteiger partial charge in [0.15, 0.2) is 6.61 Å². The average Bonchev–Trinajstić information content (AvgIpc) is 2.40. The third-order valence-electron chi connectivity index (χ3n) is 3.73. The van der Waals surface area contributed by atoms with Crippen LogP contribution in [-0.4, -0.2) is 36.5 Å². The fourth-order valence-electron chi connectivity index (χ4n) is 2.19. The number of amides is 1. The van der Waals surface area contributed by atoms with Gasteiger partial charge in [0, 0.05) is 19.1 Å². The summed E-state index contributed by atoms with van der Waals surface area (Å²) < 4.78 is 5.56. The van der Waals surface area contributed by atoms with Crippen molar-refractivity contribution in [2.75, 3.05) is 19.7 Å². The molecule has 1 aromatic carbocycles. The summed E-state index contributed by atoms with van der Waals surface area (Å²) in [5.41, 5.74) is 8.22. The first-order valence-corrected chi connectivity index (χ1v) is 6.79. The van der Waals surface area contributed by atoms with Gasteiger partial charge in [0.25, 0.3) is 5.91 Å². The molecule has 4 nitrogen and oxygen atoms in total. The Morgan fingerprint density at radius 1 is 1.30 bits per heavy atom. The highest BCUT2D eigenvalue weighted by molar-refractivity contribution is 5.85. The van der Waals surface area contributed by atoms with Crippen molar-refractivity contribution in [1.82, 2.24) is 4.90 Å². The third kappa shape index (κ3) is 4.39. The van der Waals surface area contributed by atoms with Gasteiger partial charge in [0.1, 0.15) is 5.75 Å². The summed E-state index contributed by atoms with van der Waals surface area (Å²) in [5, 5.41) is 0. The number of ether oxygens (including phenoxy) is 1. The molecule has 0 spiro atoms. The van der Waals surface area contributed by atoms with Crippen molar-refractivity contribution in [3.8, 4) is 5.75 Å². The molecular formula is C15H23ClN2O2. The van der Waals surface area contributed by atoms with E-state index in [1.54, 1.807) is 0 Å². The zero-order chi connectivity index (χ0) is 13.8. The number of hydrogen-bond donors (Lipinski definition) is 1. The van der Waals surface area contributed by atoms with Crippen LogP contribution in [0, 0.1) is 13.8 Å². The summed E-state index contributed by atoms with van der Waals surface area (Å²) in [6.07, 6.45) is 1.77. The predicted octanol–water partition coefficient (Wildman–Crippen LogP) is 2.05. The number of nitrogens with zero attached hydrogens (tertiary/aromatic N) is 1. The van der Waals surface area contributed by atoms with Gasteiger partial charge < -0.3 is 15.4 Å². The van der Waals surface area contributed by atoms with Crippen molar-refractivity contribution in [1.29, 1.82) is 0 Å². The van der Waals surface area contributed by atoms with E-state index in [0.717, 1.165) is 31.7 Å². The van der Waals surface area contributed by atoms with Gasteiger partial charge in [-0.05, 0) is 49.9 Å². The van der Waals surface area contributed by atoms with Crippen LogP contribution in [0.5, 0.6) is 5.75 Å². The van der Waals surface area contributed by atoms with Crippen LogP contribution in [0.1, 0.15) is 24.0 Å². The molecule has 1 fully saturated rings. The molecule has 0 bridgehead atoms. The molecule has 1 aromatic rings. The van der Waals surface area contributed by atoms with E-state index in [4.69, 9.17) is 10.5 Å². The first-order valence-electron chi connectivity index (χ1n) is 6.79. The van der Waals surface area contributed by atoms with Gasteiger partial charge in [-0.2, -0.15) is 0 Å². The minimum Gasteiger partial charge on any atom is -0.484 e. The Bertz CT molecular complexity index is 457. The molecule has 0 saturated carbocycles. The summed E-state index contributed by atoms with van der Waals surface area (Å²) in [4.78, 5) is 13.8. The van der Waals surface area contributed by atoms with Crippen molar-refractivity contribution >= 4 is 18.3 Å². The van der Waals surface area contributed by atoms with Crippen LogP contribution >= 0.6 is 12.4 Å². The quantitative estimate of drug-likeness (QED) is 0.929. The first kappa shape index (κ1) is 16.8. The number of hydrogen-bond acceptors (Lipinski definition) is 3. The van der Waals surface area contributed by atoms with E-state index in [0.29, 0.717) is 0 Å². The highest BCUT2D eigenvalue weighted by atomic mass is 35.5. The van der Waals surface area contributed by atoms with E-state index < -0.39 is 0 Å². The van der Waals surface area contributed by atoms with Crippen LogP contribution in [0.2, 0.25) is 0 Å². The lowest BCUT2D eigenvalue weighted by Gasteiger charge is -2.30. The number of benzene rings is 1. The number of likely N-dealkylation sites (tertiary alicyclic amines) is 1. The SMILES string of the molecule is Cc1ccc(OCC(=O)N2CCC(N)CC2)cc1C.Cl. The van der Waals surface area contributed by atoms with Crippen LogP contribution in [0.25, 0.3) is 0 Å². The molecule has 0 atom stereocenters. The fraction of sp³-hybridized carbons (Fsp3) is 0.533. The fourth-order valence-corrected chi connectivity index (χ4v) is 2.19. The van der Waals surface area contributed by atoms with Gasteiger partial charge in [-0.15, -0.1) is 12.4 Å². The number of nitrogens with two attached hydrogens (primary N) is 1. The third-order valence-corrected chi connectivity index (χ3v) is 3.73. The number of carbonyl (C=O) groups is 1. The smallest absolute Gasteiger partial charge is 0.260 e. The van der Waals surface area contributed by atoms with Crippen LogP contribution in [0.3, 0.4) is 0 Å². The monoisotopic (exact) mass is 298 g/mol. The molecule has 1 amide bonds. The summed E-state index contributed by atoms with van der Waals surface area (Å²) in [7, 11) is 0. The maximum absolute atomic E-state index is 12.0. The molecule has 1 aliphatic rings. The topological polar surface area (TPSA) is 55.6 Å². The number of piperidine rings is 1. The summed E-state index contributed by atoms with van der Waals surface area (Å²) in [5.74, 6) is 0.801. The molecule has 0 aliphatic carbocycles. The van der Waals surface area contributed by atoms with Crippen LogP contribution in [0.4, 0.5) is 0 Å². The molecule has 1 aliphatic heterocycles. The molecule has 1 heterocycles. The molecule has 20 heavy (non-hydrogen) atoms. The Balaban J connectivity index is 0.00000200. The standard InChI is InChI=1S/C15H22N2O2.ClH/c1-11-3-4-14(9-12(11)2)19-10-15(18)17-7-5-13(16)6-8-17;/h3-4,9,13H,5-8,10,16H2,1-2H3;1H. The van der Waals surface area contributed by atoms with E-state index in [9.17, 15) is 4.79 Å².